The minimum absolute atomic E-state index is 0.154. The van der Waals surface area contributed by atoms with Crippen molar-refractivity contribution in [1.29, 1.82) is 0 Å². The van der Waals surface area contributed by atoms with Crippen molar-refractivity contribution in [3.05, 3.63) is 35.4 Å². The van der Waals surface area contributed by atoms with Crippen LogP contribution in [0.1, 0.15) is 67.8 Å². The Morgan fingerprint density at radius 3 is 2.61 bits per heavy atom. The van der Waals surface area contributed by atoms with Crippen molar-refractivity contribution in [3.8, 4) is 0 Å². The number of nitrogens with two attached hydrogens (primary N) is 1. The van der Waals surface area contributed by atoms with Crippen LogP contribution >= 0.6 is 0 Å². The summed E-state index contributed by atoms with van der Waals surface area (Å²) in [6.45, 7) is 6.80. The van der Waals surface area contributed by atoms with Crippen LogP contribution in [-0.4, -0.2) is 42.7 Å². The first-order valence-corrected chi connectivity index (χ1v) is 12.0. The predicted octanol–water partition coefficient (Wildman–Crippen LogP) is 3.72. The first kappa shape index (κ1) is 22.0. The van der Waals surface area contributed by atoms with Gasteiger partial charge in [0.15, 0.2) is 0 Å². The summed E-state index contributed by atoms with van der Waals surface area (Å²) in [4.78, 5) is 20.1. The molecule has 1 aliphatic carbocycles. The molecule has 31 heavy (non-hydrogen) atoms. The van der Waals surface area contributed by atoms with Gasteiger partial charge in [-0.1, -0.05) is 30.9 Å². The van der Waals surface area contributed by atoms with Crippen LogP contribution in [0.5, 0.6) is 0 Å². The Balaban J connectivity index is 1.47. The largest absolute Gasteiger partial charge is 0.356 e. The van der Waals surface area contributed by atoms with Crippen molar-refractivity contribution in [3.63, 3.8) is 0 Å². The van der Waals surface area contributed by atoms with Crippen LogP contribution in [0.25, 0.3) is 10.9 Å². The fourth-order valence-electron chi connectivity index (χ4n) is 5.00. The SMILES string of the molecule is Cc1ccc2nc(N3CCC(NCC4CCCCC4)CC3)c(C(=O)NC(C)N)cc2c1. The van der Waals surface area contributed by atoms with Gasteiger partial charge >= 0.3 is 0 Å². The van der Waals surface area contributed by atoms with E-state index in [2.05, 4.69) is 34.6 Å². The van der Waals surface area contributed by atoms with Gasteiger partial charge in [0.05, 0.1) is 17.2 Å². The number of carbonyl (C=O) groups excluding carboxylic acids is 1. The van der Waals surface area contributed by atoms with Crippen LogP contribution in [-0.2, 0) is 0 Å². The Bertz CT molecular complexity index is 898. The number of carbonyl (C=O) groups is 1. The van der Waals surface area contributed by atoms with Crippen LogP contribution in [0.2, 0.25) is 0 Å². The quantitative estimate of drug-likeness (QED) is 0.617. The normalized spacial score (nSPS) is 19.5. The highest BCUT2D eigenvalue weighted by atomic mass is 16.1. The van der Waals surface area contributed by atoms with Crippen molar-refractivity contribution >= 4 is 22.6 Å². The molecule has 4 rings (SSSR count). The third-order valence-corrected chi connectivity index (χ3v) is 6.77. The molecular formula is C25H37N5O. The molecule has 1 amide bonds. The second-order valence-corrected chi connectivity index (χ2v) is 9.49. The van der Waals surface area contributed by atoms with Crippen molar-refractivity contribution in [2.45, 2.75) is 71.0 Å². The second kappa shape index (κ2) is 9.96. The summed E-state index contributed by atoms with van der Waals surface area (Å²) < 4.78 is 0. The number of amides is 1. The van der Waals surface area contributed by atoms with E-state index in [1.807, 2.05) is 12.1 Å². The molecule has 1 aromatic carbocycles. The minimum atomic E-state index is -0.400. The van der Waals surface area contributed by atoms with Crippen LogP contribution in [0.4, 0.5) is 5.82 Å². The van der Waals surface area contributed by atoms with Gasteiger partial charge in [-0.25, -0.2) is 4.98 Å². The fraction of sp³-hybridized carbons (Fsp3) is 0.600. The molecule has 1 aromatic heterocycles. The molecule has 2 aromatic rings. The number of nitrogens with zero attached hydrogens (tertiary/aromatic N) is 2. The van der Waals surface area contributed by atoms with Crippen molar-refractivity contribution < 1.29 is 4.79 Å². The second-order valence-electron chi connectivity index (χ2n) is 9.49. The van der Waals surface area contributed by atoms with Gasteiger partial charge in [-0.3, -0.25) is 4.79 Å². The number of nitrogens with one attached hydrogen (secondary N) is 2. The number of aromatic nitrogens is 1. The number of rotatable bonds is 6. The Kier molecular flexibility index (Phi) is 7.08. The van der Waals surface area contributed by atoms with Gasteiger partial charge in [0.1, 0.15) is 5.82 Å². The molecule has 4 N–H and O–H groups in total. The average molecular weight is 424 g/mol. The van der Waals surface area contributed by atoms with Crippen LogP contribution in [0.15, 0.2) is 24.3 Å². The van der Waals surface area contributed by atoms with Crippen molar-refractivity contribution in [1.82, 2.24) is 15.6 Å². The molecule has 0 radical (unpaired) electrons. The Morgan fingerprint density at radius 2 is 1.90 bits per heavy atom. The molecule has 2 heterocycles. The van der Waals surface area contributed by atoms with E-state index >= 15 is 0 Å². The molecule has 2 fully saturated rings. The van der Waals surface area contributed by atoms with Crippen LogP contribution < -0.4 is 21.3 Å². The average Bonchev–Trinajstić information content (AvgIpc) is 2.77. The lowest BCUT2D eigenvalue weighted by atomic mass is 9.89. The topological polar surface area (TPSA) is 83.3 Å². The van der Waals surface area contributed by atoms with E-state index in [9.17, 15) is 4.79 Å². The number of benzene rings is 1. The first-order valence-electron chi connectivity index (χ1n) is 12.0. The highest BCUT2D eigenvalue weighted by Crippen LogP contribution is 2.28. The number of fused-ring (bicyclic) bond motifs is 1. The van der Waals surface area contributed by atoms with Crippen LogP contribution in [0, 0.1) is 12.8 Å². The highest BCUT2D eigenvalue weighted by Gasteiger charge is 2.25. The third-order valence-electron chi connectivity index (χ3n) is 6.77. The van der Waals surface area contributed by atoms with Crippen molar-refractivity contribution in [2.75, 3.05) is 24.5 Å². The molecule has 0 spiro atoms. The smallest absolute Gasteiger partial charge is 0.256 e. The van der Waals surface area contributed by atoms with Gasteiger partial charge in [-0.05, 0) is 70.2 Å². The number of anilines is 1. The maximum Gasteiger partial charge on any atom is 0.256 e. The molecule has 2 aliphatic rings. The number of hydrogen-bond donors (Lipinski definition) is 3. The molecule has 1 unspecified atom stereocenters. The summed E-state index contributed by atoms with van der Waals surface area (Å²) in [6, 6.07) is 8.72. The van der Waals surface area contributed by atoms with E-state index in [1.54, 1.807) is 6.92 Å². The summed E-state index contributed by atoms with van der Waals surface area (Å²) in [5.41, 5.74) is 8.53. The molecular weight excluding hydrogens is 386 g/mol. The maximum absolute atomic E-state index is 12.9. The molecule has 1 aliphatic heterocycles. The van der Waals surface area contributed by atoms with Gasteiger partial charge in [-0.15, -0.1) is 0 Å². The molecule has 1 saturated heterocycles. The number of aryl methyl sites for hydroxylation is 1. The molecule has 1 saturated carbocycles. The Hall–Kier alpha value is -2.18. The summed E-state index contributed by atoms with van der Waals surface area (Å²) >= 11 is 0. The molecule has 0 bridgehead atoms. The van der Waals surface area contributed by atoms with E-state index in [4.69, 9.17) is 10.7 Å². The van der Waals surface area contributed by atoms with E-state index in [0.29, 0.717) is 11.6 Å². The number of piperidine rings is 1. The van der Waals surface area contributed by atoms with E-state index < -0.39 is 6.17 Å². The zero-order chi connectivity index (χ0) is 21.8. The number of pyridine rings is 1. The lowest BCUT2D eigenvalue weighted by molar-refractivity contribution is 0.0941. The molecule has 6 nitrogen and oxygen atoms in total. The Morgan fingerprint density at radius 1 is 1.16 bits per heavy atom. The standard InChI is InChI=1S/C25H37N5O/c1-17-8-9-23-20(14-17)15-22(25(31)28-18(2)26)24(29-23)30-12-10-21(11-13-30)27-16-19-6-4-3-5-7-19/h8-9,14-15,18-19,21,27H,3-7,10-13,16,26H2,1-2H3,(H,28,31). The summed E-state index contributed by atoms with van der Waals surface area (Å²) in [6.07, 6.45) is 8.71. The lowest BCUT2D eigenvalue weighted by Gasteiger charge is -2.35. The monoisotopic (exact) mass is 423 g/mol. The van der Waals surface area contributed by atoms with Gasteiger partial charge in [-0.2, -0.15) is 0 Å². The summed E-state index contributed by atoms with van der Waals surface area (Å²) in [5.74, 6) is 1.48. The van der Waals surface area contributed by atoms with E-state index in [1.165, 1.54) is 32.1 Å². The first-order chi connectivity index (χ1) is 15.0. The van der Waals surface area contributed by atoms with Crippen LogP contribution in [0.3, 0.4) is 0 Å². The van der Waals surface area contributed by atoms with E-state index in [-0.39, 0.29) is 5.91 Å². The zero-order valence-corrected chi connectivity index (χ0v) is 19.0. The maximum atomic E-state index is 12.9. The minimum Gasteiger partial charge on any atom is -0.356 e. The molecule has 168 valence electrons. The van der Waals surface area contributed by atoms with Gasteiger partial charge in [0.2, 0.25) is 0 Å². The Labute approximate surface area is 186 Å². The van der Waals surface area contributed by atoms with Crippen molar-refractivity contribution in [2.24, 2.45) is 11.7 Å². The third kappa shape index (κ3) is 5.55. The predicted molar refractivity (Wildman–Crippen MR) is 127 cm³/mol. The van der Waals surface area contributed by atoms with Gasteiger partial charge in [0.25, 0.3) is 5.91 Å². The highest BCUT2D eigenvalue weighted by molar-refractivity contribution is 6.02. The van der Waals surface area contributed by atoms with Gasteiger partial charge < -0.3 is 21.3 Å². The summed E-state index contributed by atoms with van der Waals surface area (Å²) in [7, 11) is 0. The fourth-order valence-corrected chi connectivity index (χ4v) is 5.00. The number of hydrogen-bond acceptors (Lipinski definition) is 5. The molecule has 1 atom stereocenters. The van der Waals surface area contributed by atoms with Gasteiger partial charge in [0, 0.05) is 24.5 Å². The zero-order valence-electron chi connectivity index (χ0n) is 19.0. The van der Waals surface area contributed by atoms with E-state index in [0.717, 1.165) is 60.7 Å². The summed E-state index contributed by atoms with van der Waals surface area (Å²) in [5, 5.41) is 7.65. The lowest BCUT2D eigenvalue weighted by Crippen LogP contribution is -2.45. The molecule has 6 heteroatoms.